The van der Waals surface area contributed by atoms with Gasteiger partial charge >= 0.3 is 0 Å². The van der Waals surface area contributed by atoms with Crippen molar-refractivity contribution in [2.45, 2.75) is 51.1 Å². The summed E-state index contributed by atoms with van der Waals surface area (Å²) in [4.78, 5) is 0. The van der Waals surface area contributed by atoms with Crippen LogP contribution in [0, 0.1) is 11.8 Å². The molecule has 2 fully saturated rings. The fourth-order valence-corrected chi connectivity index (χ4v) is 2.86. The standard InChI is InChI=1S/C10H17F/c11-10-7-3-5-8-4-1-2-6-9(8)10/h8-10H,1-7H2/t8-,9?,10?/m0/s1. The zero-order chi connectivity index (χ0) is 7.68. The molecule has 2 aliphatic rings. The molecule has 0 bridgehead atoms. The fraction of sp³-hybridized carbons (Fsp3) is 1.00. The first-order valence-corrected chi connectivity index (χ1v) is 5.02. The van der Waals surface area contributed by atoms with E-state index in [9.17, 15) is 4.39 Å². The van der Waals surface area contributed by atoms with E-state index in [2.05, 4.69) is 0 Å². The van der Waals surface area contributed by atoms with E-state index in [-0.39, 0.29) is 0 Å². The second-order valence-corrected chi connectivity index (χ2v) is 4.16. The molecule has 0 aliphatic heterocycles. The summed E-state index contributed by atoms with van der Waals surface area (Å²) in [6.45, 7) is 0. The Morgan fingerprint density at radius 1 is 0.818 bits per heavy atom. The number of rotatable bonds is 0. The zero-order valence-electron chi connectivity index (χ0n) is 7.06. The van der Waals surface area contributed by atoms with E-state index in [4.69, 9.17) is 0 Å². The molecule has 3 atom stereocenters. The molecule has 0 radical (unpaired) electrons. The maximum Gasteiger partial charge on any atom is 0.103 e. The van der Waals surface area contributed by atoms with Gasteiger partial charge < -0.3 is 0 Å². The molecule has 0 nitrogen and oxygen atoms in total. The maximum absolute atomic E-state index is 13.3. The van der Waals surface area contributed by atoms with Crippen LogP contribution >= 0.6 is 0 Å². The number of halogens is 1. The molecule has 11 heavy (non-hydrogen) atoms. The normalized spacial score (nSPS) is 45.0. The van der Waals surface area contributed by atoms with Crippen LogP contribution in [0.2, 0.25) is 0 Å². The van der Waals surface area contributed by atoms with Crippen molar-refractivity contribution in [3.8, 4) is 0 Å². The van der Waals surface area contributed by atoms with Crippen LogP contribution < -0.4 is 0 Å². The molecule has 0 saturated heterocycles. The first-order chi connectivity index (χ1) is 5.38. The smallest absolute Gasteiger partial charge is 0.103 e. The van der Waals surface area contributed by atoms with Crippen molar-refractivity contribution in [3.63, 3.8) is 0 Å². The van der Waals surface area contributed by atoms with Crippen molar-refractivity contribution >= 4 is 0 Å². The van der Waals surface area contributed by atoms with E-state index in [1.807, 2.05) is 0 Å². The van der Waals surface area contributed by atoms with Gasteiger partial charge in [0.25, 0.3) is 0 Å². The van der Waals surface area contributed by atoms with Gasteiger partial charge in [0, 0.05) is 0 Å². The van der Waals surface area contributed by atoms with E-state index in [0.717, 1.165) is 18.8 Å². The van der Waals surface area contributed by atoms with Gasteiger partial charge in [0.05, 0.1) is 0 Å². The van der Waals surface area contributed by atoms with E-state index in [1.165, 1.54) is 32.1 Å². The number of hydrogen-bond acceptors (Lipinski definition) is 0. The largest absolute Gasteiger partial charge is 0.247 e. The average Bonchev–Trinajstić information content (AvgIpc) is 2.06. The number of fused-ring (bicyclic) bond motifs is 1. The van der Waals surface area contributed by atoms with Crippen LogP contribution in [-0.2, 0) is 0 Å². The lowest BCUT2D eigenvalue weighted by atomic mass is 9.70. The molecule has 0 aromatic carbocycles. The van der Waals surface area contributed by atoms with Gasteiger partial charge in [-0.1, -0.05) is 25.7 Å². The summed E-state index contributed by atoms with van der Waals surface area (Å²) in [7, 11) is 0. The molecule has 2 aliphatic carbocycles. The Morgan fingerprint density at radius 2 is 1.55 bits per heavy atom. The number of hydrogen-bond donors (Lipinski definition) is 0. The van der Waals surface area contributed by atoms with Gasteiger partial charge in [-0.05, 0) is 31.1 Å². The SMILES string of the molecule is FC1CCC[C@@H]2CCCCC12. The molecular formula is C10H17F. The van der Waals surface area contributed by atoms with Gasteiger partial charge in [0.1, 0.15) is 6.17 Å². The minimum atomic E-state index is -0.450. The first kappa shape index (κ1) is 7.57. The molecule has 1 heteroatoms. The van der Waals surface area contributed by atoms with Crippen molar-refractivity contribution in [2.75, 3.05) is 0 Å². The highest BCUT2D eigenvalue weighted by atomic mass is 19.1. The van der Waals surface area contributed by atoms with E-state index in [1.54, 1.807) is 0 Å². The lowest BCUT2D eigenvalue weighted by Crippen LogP contribution is -2.31. The van der Waals surface area contributed by atoms with Crippen LogP contribution in [0.4, 0.5) is 4.39 Å². The molecule has 2 saturated carbocycles. The molecule has 0 spiro atoms. The van der Waals surface area contributed by atoms with Crippen molar-refractivity contribution < 1.29 is 4.39 Å². The summed E-state index contributed by atoms with van der Waals surface area (Å²) in [5.41, 5.74) is 0. The zero-order valence-corrected chi connectivity index (χ0v) is 7.06. The van der Waals surface area contributed by atoms with Crippen molar-refractivity contribution in [1.82, 2.24) is 0 Å². The number of alkyl halides is 1. The highest BCUT2D eigenvalue weighted by Crippen LogP contribution is 2.41. The Hall–Kier alpha value is -0.0700. The second-order valence-electron chi connectivity index (χ2n) is 4.16. The minimum absolute atomic E-state index is 0.450. The summed E-state index contributed by atoms with van der Waals surface area (Å²) in [6, 6.07) is 0. The third kappa shape index (κ3) is 1.43. The van der Waals surface area contributed by atoms with Crippen molar-refractivity contribution in [1.29, 1.82) is 0 Å². The molecule has 64 valence electrons. The van der Waals surface area contributed by atoms with Gasteiger partial charge in [-0.3, -0.25) is 0 Å². The molecular weight excluding hydrogens is 139 g/mol. The molecule has 0 N–H and O–H groups in total. The van der Waals surface area contributed by atoms with E-state index < -0.39 is 6.17 Å². The topological polar surface area (TPSA) is 0 Å². The Morgan fingerprint density at radius 3 is 2.36 bits per heavy atom. The fourth-order valence-electron chi connectivity index (χ4n) is 2.86. The Labute approximate surface area is 68.2 Å². The van der Waals surface area contributed by atoms with E-state index in [0.29, 0.717) is 5.92 Å². The van der Waals surface area contributed by atoms with Crippen molar-refractivity contribution in [3.05, 3.63) is 0 Å². The molecule has 0 aromatic rings. The average molecular weight is 156 g/mol. The quantitative estimate of drug-likeness (QED) is 0.504. The van der Waals surface area contributed by atoms with Crippen LogP contribution in [0.5, 0.6) is 0 Å². The van der Waals surface area contributed by atoms with Gasteiger partial charge in [-0.15, -0.1) is 0 Å². The Kier molecular flexibility index (Phi) is 2.15. The Bertz CT molecular complexity index is 131. The Balaban J connectivity index is 1.99. The highest BCUT2D eigenvalue weighted by molar-refractivity contribution is 4.84. The summed E-state index contributed by atoms with van der Waals surface area (Å²) in [5, 5.41) is 0. The van der Waals surface area contributed by atoms with Gasteiger partial charge in [-0.2, -0.15) is 0 Å². The van der Waals surface area contributed by atoms with Crippen molar-refractivity contribution in [2.24, 2.45) is 11.8 Å². The monoisotopic (exact) mass is 156 g/mol. The van der Waals surface area contributed by atoms with Crippen LogP contribution in [0.15, 0.2) is 0 Å². The van der Waals surface area contributed by atoms with Crippen LogP contribution in [0.1, 0.15) is 44.9 Å². The predicted octanol–water partition coefficient (Wildman–Crippen LogP) is 3.31. The summed E-state index contributed by atoms with van der Waals surface area (Å²) < 4.78 is 13.3. The van der Waals surface area contributed by atoms with Gasteiger partial charge in [-0.25, -0.2) is 4.39 Å². The van der Waals surface area contributed by atoms with E-state index >= 15 is 0 Å². The third-order valence-corrected chi connectivity index (χ3v) is 3.49. The second kappa shape index (κ2) is 3.12. The maximum atomic E-state index is 13.3. The molecule has 2 unspecified atom stereocenters. The minimum Gasteiger partial charge on any atom is -0.247 e. The first-order valence-electron chi connectivity index (χ1n) is 5.02. The molecule has 0 aromatic heterocycles. The molecule has 0 amide bonds. The predicted molar refractivity (Wildman–Crippen MR) is 44.2 cm³/mol. The molecule has 0 heterocycles. The van der Waals surface area contributed by atoms with Crippen LogP contribution in [0.3, 0.4) is 0 Å². The lowest BCUT2D eigenvalue weighted by Gasteiger charge is -2.37. The highest BCUT2D eigenvalue weighted by Gasteiger charge is 2.34. The molecule has 2 rings (SSSR count). The summed E-state index contributed by atoms with van der Waals surface area (Å²) >= 11 is 0. The van der Waals surface area contributed by atoms with Crippen LogP contribution in [0.25, 0.3) is 0 Å². The van der Waals surface area contributed by atoms with Gasteiger partial charge in [0.2, 0.25) is 0 Å². The summed E-state index contributed by atoms with van der Waals surface area (Å²) in [5.74, 6) is 1.21. The van der Waals surface area contributed by atoms with Crippen LogP contribution in [-0.4, -0.2) is 6.17 Å². The lowest BCUT2D eigenvalue weighted by molar-refractivity contribution is 0.0717. The third-order valence-electron chi connectivity index (χ3n) is 3.49. The summed E-state index contributed by atoms with van der Waals surface area (Å²) in [6.07, 6.45) is 7.97. The van der Waals surface area contributed by atoms with Gasteiger partial charge in [0.15, 0.2) is 0 Å².